The summed E-state index contributed by atoms with van der Waals surface area (Å²) in [6.45, 7) is 2.33. The highest BCUT2D eigenvalue weighted by atomic mass is 79.9. The van der Waals surface area contributed by atoms with Crippen LogP contribution in [0.4, 0.5) is 0 Å². The molecule has 108 valence electrons. The topological polar surface area (TPSA) is 47.3 Å². The summed E-state index contributed by atoms with van der Waals surface area (Å²) in [6.07, 6.45) is 2.46. The highest BCUT2D eigenvalue weighted by molar-refractivity contribution is 9.10. The third-order valence-electron chi connectivity index (χ3n) is 2.75. The number of methoxy groups -OCH3 is 1. The van der Waals surface area contributed by atoms with E-state index >= 15 is 0 Å². The summed E-state index contributed by atoms with van der Waals surface area (Å²) in [5, 5.41) is 3.92. The van der Waals surface area contributed by atoms with Gasteiger partial charge in [-0.15, -0.1) is 0 Å². The van der Waals surface area contributed by atoms with Gasteiger partial charge in [-0.25, -0.2) is 4.98 Å². The predicted molar refractivity (Wildman–Crippen MR) is 83.1 cm³/mol. The molecule has 1 aromatic heterocycles. The van der Waals surface area contributed by atoms with E-state index in [1.165, 1.54) is 0 Å². The molecule has 4 nitrogen and oxygen atoms in total. The average Bonchev–Trinajstić information content (AvgIpc) is 2.90. The van der Waals surface area contributed by atoms with Crippen LogP contribution in [-0.4, -0.2) is 31.8 Å². The van der Waals surface area contributed by atoms with Gasteiger partial charge in [0.25, 0.3) is 0 Å². The van der Waals surface area contributed by atoms with Crippen molar-refractivity contribution < 1.29 is 9.15 Å². The van der Waals surface area contributed by atoms with Gasteiger partial charge in [0.1, 0.15) is 0 Å². The lowest BCUT2D eigenvalue weighted by molar-refractivity contribution is 0.199. The van der Waals surface area contributed by atoms with Gasteiger partial charge in [-0.2, -0.15) is 0 Å². The van der Waals surface area contributed by atoms with Crippen molar-refractivity contribution in [1.82, 2.24) is 10.3 Å². The fourth-order valence-corrected chi connectivity index (χ4v) is 2.35. The lowest BCUT2D eigenvalue weighted by atomic mass is 10.2. The molecule has 0 aliphatic carbocycles. The number of hydrogen-bond acceptors (Lipinski definition) is 4. The van der Waals surface area contributed by atoms with E-state index < -0.39 is 0 Å². The molecule has 0 radical (unpaired) electrons. The molecular weight excluding hydrogens is 344 g/mol. The summed E-state index contributed by atoms with van der Waals surface area (Å²) < 4.78 is 11.6. The van der Waals surface area contributed by atoms with E-state index in [1.807, 2.05) is 18.2 Å². The predicted octanol–water partition coefficient (Wildman–Crippen LogP) is 3.54. The number of nitrogens with zero attached hydrogens (tertiary/aromatic N) is 1. The van der Waals surface area contributed by atoms with Gasteiger partial charge >= 0.3 is 0 Å². The fraction of sp³-hybridized carbons (Fsp3) is 0.357. The Balaban J connectivity index is 1.96. The van der Waals surface area contributed by atoms with Gasteiger partial charge in [-0.1, -0.05) is 27.5 Å². The van der Waals surface area contributed by atoms with Crippen LogP contribution < -0.4 is 5.32 Å². The molecule has 1 heterocycles. The summed E-state index contributed by atoms with van der Waals surface area (Å²) in [5.74, 6) is 1.42. The highest BCUT2D eigenvalue weighted by Gasteiger charge is 2.10. The van der Waals surface area contributed by atoms with Crippen molar-refractivity contribution in [1.29, 1.82) is 0 Å². The molecule has 0 saturated heterocycles. The first-order valence-electron chi connectivity index (χ1n) is 6.30. The molecule has 0 bridgehead atoms. The van der Waals surface area contributed by atoms with Gasteiger partial charge in [0, 0.05) is 41.7 Å². The van der Waals surface area contributed by atoms with E-state index in [1.54, 1.807) is 13.3 Å². The maximum Gasteiger partial charge on any atom is 0.196 e. The normalized spacial score (nSPS) is 10.9. The first-order valence-corrected chi connectivity index (χ1v) is 7.47. The van der Waals surface area contributed by atoms with Gasteiger partial charge in [-0.05, 0) is 18.2 Å². The summed E-state index contributed by atoms with van der Waals surface area (Å²) in [4.78, 5) is 4.28. The number of halogens is 2. The minimum atomic E-state index is 0.669. The zero-order chi connectivity index (χ0) is 14.4. The standard InChI is InChI=1S/C14H16BrClN2O2/c1-19-7-6-17-5-4-14-18-9-13(20-14)11-8-10(16)2-3-12(11)15/h2-3,8-9,17H,4-7H2,1H3. The van der Waals surface area contributed by atoms with Gasteiger partial charge in [0.05, 0.1) is 12.8 Å². The third kappa shape index (κ3) is 4.31. The van der Waals surface area contributed by atoms with Gasteiger partial charge in [-0.3, -0.25) is 0 Å². The first kappa shape index (κ1) is 15.5. The second-order valence-electron chi connectivity index (χ2n) is 4.24. The highest BCUT2D eigenvalue weighted by Crippen LogP contribution is 2.31. The Labute approximate surface area is 131 Å². The van der Waals surface area contributed by atoms with Crippen LogP contribution in [0.5, 0.6) is 0 Å². The van der Waals surface area contributed by atoms with E-state index in [9.17, 15) is 0 Å². The fourth-order valence-electron chi connectivity index (χ4n) is 1.73. The number of rotatable bonds is 7. The summed E-state index contributed by atoms with van der Waals surface area (Å²) >= 11 is 9.49. The van der Waals surface area contributed by atoms with Crippen molar-refractivity contribution >= 4 is 27.5 Å². The molecule has 1 aromatic carbocycles. The van der Waals surface area contributed by atoms with E-state index in [0.717, 1.165) is 29.5 Å². The van der Waals surface area contributed by atoms with Crippen molar-refractivity contribution in [2.75, 3.05) is 26.8 Å². The molecule has 0 atom stereocenters. The quantitative estimate of drug-likeness (QED) is 0.768. The van der Waals surface area contributed by atoms with Gasteiger partial charge < -0.3 is 14.5 Å². The Bertz CT molecular complexity index is 560. The maximum absolute atomic E-state index is 6.00. The summed E-state index contributed by atoms with van der Waals surface area (Å²) in [7, 11) is 1.69. The molecule has 20 heavy (non-hydrogen) atoms. The molecule has 2 rings (SSSR count). The average molecular weight is 360 g/mol. The molecule has 1 N–H and O–H groups in total. The lowest BCUT2D eigenvalue weighted by Crippen LogP contribution is -2.21. The Morgan fingerprint density at radius 1 is 1.40 bits per heavy atom. The molecule has 6 heteroatoms. The zero-order valence-electron chi connectivity index (χ0n) is 11.2. The number of ether oxygens (including phenoxy) is 1. The Hall–Kier alpha value is -0.880. The van der Waals surface area contributed by atoms with Crippen molar-refractivity contribution in [3.8, 4) is 11.3 Å². The first-order chi connectivity index (χ1) is 9.70. The Kier molecular flexibility index (Phi) is 6.04. The third-order valence-corrected chi connectivity index (χ3v) is 3.67. The van der Waals surface area contributed by atoms with Crippen LogP contribution in [0.2, 0.25) is 5.02 Å². The van der Waals surface area contributed by atoms with Crippen LogP contribution in [0.3, 0.4) is 0 Å². The molecule has 0 aliphatic heterocycles. The molecule has 0 saturated carbocycles. The minimum Gasteiger partial charge on any atom is -0.441 e. The molecule has 0 unspecified atom stereocenters. The number of hydrogen-bond donors (Lipinski definition) is 1. The molecular formula is C14H16BrClN2O2. The van der Waals surface area contributed by atoms with Crippen LogP contribution in [-0.2, 0) is 11.2 Å². The largest absolute Gasteiger partial charge is 0.441 e. The van der Waals surface area contributed by atoms with E-state index in [-0.39, 0.29) is 0 Å². The molecule has 0 aliphatic rings. The smallest absolute Gasteiger partial charge is 0.196 e. The second-order valence-corrected chi connectivity index (χ2v) is 5.53. The Morgan fingerprint density at radius 2 is 2.25 bits per heavy atom. The van der Waals surface area contributed by atoms with Crippen LogP contribution in [0.15, 0.2) is 33.3 Å². The number of benzene rings is 1. The maximum atomic E-state index is 6.00. The zero-order valence-corrected chi connectivity index (χ0v) is 13.5. The number of nitrogens with one attached hydrogen (secondary N) is 1. The summed E-state index contributed by atoms with van der Waals surface area (Å²) in [5.41, 5.74) is 0.906. The molecule has 2 aromatic rings. The number of aromatic nitrogens is 1. The van der Waals surface area contributed by atoms with Crippen LogP contribution >= 0.6 is 27.5 Å². The van der Waals surface area contributed by atoms with Crippen molar-refractivity contribution in [2.45, 2.75) is 6.42 Å². The second kappa shape index (κ2) is 7.78. The summed E-state index contributed by atoms with van der Waals surface area (Å²) in [6, 6.07) is 5.57. The van der Waals surface area contributed by atoms with Crippen molar-refractivity contribution in [2.24, 2.45) is 0 Å². The van der Waals surface area contributed by atoms with Crippen molar-refractivity contribution in [3.05, 3.63) is 39.8 Å². The number of oxazole rings is 1. The van der Waals surface area contributed by atoms with Gasteiger partial charge in [0.15, 0.2) is 11.7 Å². The minimum absolute atomic E-state index is 0.669. The van der Waals surface area contributed by atoms with E-state index in [2.05, 4.69) is 26.2 Å². The SMILES string of the molecule is COCCNCCc1ncc(-c2cc(Cl)ccc2Br)o1. The molecule has 0 amide bonds. The van der Waals surface area contributed by atoms with Crippen LogP contribution in [0.1, 0.15) is 5.89 Å². The Morgan fingerprint density at radius 3 is 3.05 bits per heavy atom. The van der Waals surface area contributed by atoms with Crippen LogP contribution in [0, 0.1) is 0 Å². The van der Waals surface area contributed by atoms with Gasteiger partial charge in [0.2, 0.25) is 0 Å². The lowest BCUT2D eigenvalue weighted by Gasteiger charge is -2.02. The molecule has 0 spiro atoms. The van der Waals surface area contributed by atoms with Crippen LogP contribution in [0.25, 0.3) is 11.3 Å². The monoisotopic (exact) mass is 358 g/mol. The van der Waals surface area contributed by atoms with Crippen molar-refractivity contribution in [3.63, 3.8) is 0 Å². The van der Waals surface area contributed by atoms with E-state index in [0.29, 0.717) is 23.3 Å². The molecule has 0 fully saturated rings. The van der Waals surface area contributed by atoms with E-state index in [4.69, 9.17) is 20.8 Å².